The smallest absolute Gasteiger partial charge is 0.123 e. The third-order valence-corrected chi connectivity index (χ3v) is 5.00. The second-order valence-corrected chi connectivity index (χ2v) is 7.67. The van der Waals surface area contributed by atoms with Gasteiger partial charge in [0.25, 0.3) is 0 Å². The molecular formula is C23H22O. The van der Waals surface area contributed by atoms with Gasteiger partial charge in [-0.1, -0.05) is 81.4 Å². The lowest BCUT2D eigenvalue weighted by molar-refractivity contribution is 0.363. The molecule has 1 unspecified atom stereocenters. The van der Waals surface area contributed by atoms with Crippen LogP contribution in [-0.2, 0) is 0 Å². The molecule has 0 aromatic heterocycles. The van der Waals surface area contributed by atoms with Gasteiger partial charge in [-0.2, -0.15) is 0 Å². The van der Waals surface area contributed by atoms with Crippen LogP contribution in [0.25, 0.3) is 22.3 Å². The summed E-state index contributed by atoms with van der Waals surface area (Å²) in [6.07, 6.45) is 0. The third-order valence-electron chi connectivity index (χ3n) is 5.00. The highest BCUT2D eigenvalue weighted by molar-refractivity contribution is 5.90. The molecule has 24 heavy (non-hydrogen) atoms. The van der Waals surface area contributed by atoms with Gasteiger partial charge in [-0.25, -0.2) is 0 Å². The van der Waals surface area contributed by atoms with E-state index in [1.54, 1.807) is 0 Å². The van der Waals surface area contributed by atoms with Crippen LogP contribution in [0.15, 0.2) is 66.7 Å². The molecule has 4 rings (SSSR count). The number of fused-ring (bicyclic) bond motifs is 3. The molecule has 120 valence electrons. The number of aromatic hydroxyl groups is 1. The highest BCUT2D eigenvalue weighted by Crippen LogP contribution is 2.57. The Morgan fingerprint density at radius 2 is 1.42 bits per heavy atom. The van der Waals surface area contributed by atoms with Gasteiger partial charge in [-0.3, -0.25) is 0 Å². The lowest BCUT2D eigenvalue weighted by Gasteiger charge is -2.30. The van der Waals surface area contributed by atoms with E-state index in [0.29, 0.717) is 5.75 Å². The summed E-state index contributed by atoms with van der Waals surface area (Å²) in [4.78, 5) is 0. The fourth-order valence-electron chi connectivity index (χ4n) is 4.09. The highest BCUT2D eigenvalue weighted by Gasteiger charge is 2.39. The van der Waals surface area contributed by atoms with Crippen LogP contribution in [0.3, 0.4) is 0 Å². The maximum Gasteiger partial charge on any atom is 0.123 e. The van der Waals surface area contributed by atoms with Crippen molar-refractivity contribution in [1.29, 1.82) is 0 Å². The van der Waals surface area contributed by atoms with Gasteiger partial charge in [-0.05, 0) is 39.3 Å². The summed E-state index contributed by atoms with van der Waals surface area (Å²) in [5.41, 5.74) is 7.25. The number of phenolic OH excluding ortho intramolecular Hbond substituents is 1. The Hall–Kier alpha value is -2.54. The Morgan fingerprint density at radius 1 is 0.750 bits per heavy atom. The fraction of sp³-hybridized carbons (Fsp3) is 0.217. The number of benzene rings is 3. The first-order valence-electron chi connectivity index (χ1n) is 8.49. The second kappa shape index (κ2) is 5.24. The molecule has 1 heteroatoms. The van der Waals surface area contributed by atoms with E-state index in [-0.39, 0.29) is 11.3 Å². The quantitative estimate of drug-likeness (QED) is 0.565. The molecule has 0 amide bonds. The van der Waals surface area contributed by atoms with E-state index in [1.165, 1.54) is 27.8 Å². The average Bonchev–Trinajstić information content (AvgIpc) is 2.92. The third kappa shape index (κ3) is 2.16. The summed E-state index contributed by atoms with van der Waals surface area (Å²) in [6.45, 7) is 6.84. The van der Waals surface area contributed by atoms with Gasteiger partial charge in [-0.15, -0.1) is 0 Å². The largest absolute Gasteiger partial charge is 0.507 e. The molecule has 1 N–H and O–H groups in total. The summed E-state index contributed by atoms with van der Waals surface area (Å²) in [5, 5.41) is 10.6. The Bertz CT molecular complexity index is 901. The molecule has 0 saturated heterocycles. The van der Waals surface area contributed by atoms with Crippen molar-refractivity contribution in [3.63, 3.8) is 0 Å². The number of hydrogen-bond donors (Lipinski definition) is 1. The molecule has 1 aliphatic rings. The van der Waals surface area contributed by atoms with Crippen LogP contribution >= 0.6 is 0 Å². The van der Waals surface area contributed by atoms with E-state index in [1.807, 2.05) is 12.1 Å². The summed E-state index contributed by atoms with van der Waals surface area (Å²) < 4.78 is 0. The molecule has 0 aliphatic heterocycles. The van der Waals surface area contributed by atoms with Crippen molar-refractivity contribution in [1.82, 2.24) is 0 Å². The SMILES string of the molecule is CC(C)(C)C1c2ccccc2-c2c(O)ccc(-c3ccccc3)c21. The molecule has 0 heterocycles. The molecule has 3 aromatic carbocycles. The van der Waals surface area contributed by atoms with Gasteiger partial charge in [0.1, 0.15) is 5.75 Å². The van der Waals surface area contributed by atoms with Gasteiger partial charge in [0, 0.05) is 11.5 Å². The monoisotopic (exact) mass is 314 g/mol. The van der Waals surface area contributed by atoms with E-state index in [4.69, 9.17) is 0 Å². The van der Waals surface area contributed by atoms with Crippen molar-refractivity contribution in [2.24, 2.45) is 5.41 Å². The van der Waals surface area contributed by atoms with Crippen LogP contribution in [0.4, 0.5) is 0 Å². The maximum absolute atomic E-state index is 10.6. The predicted octanol–water partition coefficient (Wildman–Crippen LogP) is 6.22. The van der Waals surface area contributed by atoms with E-state index in [9.17, 15) is 5.11 Å². The number of hydrogen-bond acceptors (Lipinski definition) is 1. The Morgan fingerprint density at radius 3 is 2.12 bits per heavy atom. The summed E-state index contributed by atoms with van der Waals surface area (Å²) in [7, 11) is 0. The van der Waals surface area contributed by atoms with Crippen LogP contribution in [0.1, 0.15) is 37.8 Å². The second-order valence-electron chi connectivity index (χ2n) is 7.67. The summed E-state index contributed by atoms with van der Waals surface area (Å²) >= 11 is 0. The minimum Gasteiger partial charge on any atom is -0.507 e. The van der Waals surface area contributed by atoms with Crippen molar-refractivity contribution in [2.45, 2.75) is 26.7 Å². The predicted molar refractivity (Wildman–Crippen MR) is 100 cm³/mol. The normalized spacial score (nSPS) is 15.9. The van der Waals surface area contributed by atoms with Gasteiger partial charge in [0.15, 0.2) is 0 Å². The first-order chi connectivity index (χ1) is 11.5. The lowest BCUT2D eigenvalue weighted by atomic mass is 9.73. The van der Waals surface area contributed by atoms with Crippen LogP contribution in [0.2, 0.25) is 0 Å². The van der Waals surface area contributed by atoms with Crippen molar-refractivity contribution in [3.8, 4) is 28.0 Å². The van der Waals surface area contributed by atoms with Crippen LogP contribution in [0.5, 0.6) is 5.75 Å². The fourth-order valence-corrected chi connectivity index (χ4v) is 4.09. The van der Waals surface area contributed by atoms with Gasteiger partial charge < -0.3 is 5.11 Å². The van der Waals surface area contributed by atoms with Gasteiger partial charge >= 0.3 is 0 Å². The van der Waals surface area contributed by atoms with Crippen molar-refractivity contribution in [2.75, 3.05) is 0 Å². The maximum atomic E-state index is 10.6. The molecule has 0 saturated carbocycles. The molecular weight excluding hydrogens is 292 g/mol. The van der Waals surface area contributed by atoms with Crippen molar-refractivity contribution < 1.29 is 5.11 Å². The Labute approximate surface area is 143 Å². The molecule has 1 nitrogen and oxygen atoms in total. The Kier molecular flexibility index (Phi) is 3.28. The topological polar surface area (TPSA) is 20.2 Å². The van der Waals surface area contributed by atoms with E-state index in [2.05, 4.69) is 75.4 Å². The van der Waals surface area contributed by atoms with E-state index < -0.39 is 0 Å². The Balaban J connectivity index is 2.09. The molecule has 3 aromatic rings. The zero-order valence-corrected chi connectivity index (χ0v) is 14.4. The number of rotatable bonds is 1. The first-order valence-corrected chi connectivity index (χ1v) is 8.49. The van der Waals surface area contributed by atoms with E-state index >= 15 is 0 Å². The molecule has 1 atom stereocenters. The van der Waals surface area contributed by atoms with Crippen LogP contribution in [0, 0.1) is 5.41 Å². The summed E-state index contributed by atoms with van der Waals surface area (Å²) in [5.74, 6) is 0.648. The van der Waals surface area contributed by atoms with Gasteiger partial charge in [0.2, 0.25) is 0 Å². The van der Waals surface area contributed by atoms with Crippen molar-refractivity contribution in [3.05, 3.63) is 77.9 Å². The summed E-state index contributed by atoms with van der Waals surface area (Å²) in [6, 6.07) is 22.9. The molecule has 1 aliphatic carbocycles. The molecule has 0 spiro atoms. The molecule has 0 bridgehead atoms. The van der Waals surface area contributed by atoms with E-state index in [0.717, 1.165) is 5.56 Å². The zero-order valence-electron chi connectivity index (χ0n) is 14.4. The van der Waals surface area contributed by atoms with Crippen LogP contribution in [-0.4, -0.2) is 5.11 Å². The standard InChI is InChI=1S/C23H22O/c1-23(2,3)22-18-12-8-7-11-17(18)20-19(24)14-13-16(21(20)22)15-9-5-4-6-10-15/h4-14,22,24H,1-3H3. The number of phenols is 1. The first kappa shape index (κ1) is 15.0. The minimum atomic E-state index is 0.0681. The lowest BCUT2D eigenvalue weighted by Crippen LogP contribution is -2.18. The van der Waals surface area contributed by atoms with Crippen molar-refractivity contribution >= 4 is 0 Å². The molecule has 0 fully saturated rings. The van der Waals surface area contributed by atoms with Gasteiger partial charge in [0.05, 0.1) is 0 Å². The minimum absolute atomic E-state index is 0.0681. The zero-order chi connectivity index (χ0) is 16.9. The molecule has 0 radical (unpaired) electrons. The average molecular weight is 314 g/mol. The highest BCUT2D eigenvalue weighted by atomic mass is 16.3. The van der Waals surface area contributed by atoms with Crippen LogP contribution < -0.4 is 0 Å².